The molecule has 0 unspecified atom stereocenters. The Bertz CT molecular complexity index is 745. The molecule has 0 aromatic heterocycles. The number of rotatable bonds is 6. The highest BCUT2D eigenvalue weighted by atomic mass is 19.1. The second-order valence-corrected chi connectivity index (χ2v) is 4.60. The number of nitrogens with zero attached hydrogens (tertiary/aromatic N) is 1. The number of ether oxygens (including phenoxy) is 2. The van der Waals surface area contributed by atoms with Crippen molar-refractivity contribution in [3.05, 3.63) is 53.6 Å². The van der Waals surface area contributed by atoms with E-state index in [1.54, 1.807) is 18.2 Å². The lowest BCUT2D eigenvalue weighted by Crippen LogP contribution is -2.01. The minimum atomic E-state index is -0.778. The minimum Gasteiger partial charge on any atom is -0.493 e. The fourth-order valence-corrected chi connectivity index (χ4v) is 1.94. The molecule has 120 valence electrons. The van der Waals surface area contributed by atoms with E-state index >= 15 is 0 Å². The molecule has 0 aliphatic heterocycles. The van der Waals surface area contributed by atoms with Crippen molar-refractivity contribution in [1.82, 2.24) is 0 Å². The number of halogens is 2. The molecule has 2 rings (SSSR count). The zero-order chi connectivity index (χ0) is 16.8. The summed E-state index contributed by atoms with van der Waals surface area (Å²) in [7, 11) is 2.98. The summed E-state index contributed by atoms with van der Waals surface area (Å²) in [5.74, 6) is -0.703. The van der Waals surface area contributed by atoms with Crippen LogP contribution in [0.5, 0.6) is 11.5 Å². The van der Waals surface area contributed by atoms with E-state index in [2.05, 4.69) is 4.99 Å². The second kappa shape index (κ2) is 7.49. The summed E-state index contributed by atoms with van der Waals surface area (Å²) in [5.41, 5.74) is 0.403. The van der Waals surface area contributed by atoms with Crippen LogP contribution in [0.4, 0.5) is 14.5 Å². The van der Waals surface area contributed by atoms with E-state index in [9.17, 15) is 13.6 Å². The van der Waals surface area contributed by atoms with Crippen molar-refractivity contribution < 1.29 is 23.0 Å². The summed E-state index contributed by atoms with van der Waals surface area (Å²) in [5, 5.41) is 0. The van der Waals surface area contributed by atoms with Crippen molar-refractivity contribution >= 4 is 17.7 Å². The lowest BCUT2D eigenvalue weighted by atomic mass is 10.1. The van der Waals surface area contributed by atoms with Gasteiger partial charge in [0.2, 0.25) is 0 Å². The first-order valence-electron chi connectivity index (χ1n) is 6.78. The molecule has 0 N–H and O–H groups in total. The maximum atomic E-state index is 13.4. The fraction of sp³-hybridized carbons (Fsp3) is 0.176. The predicted molar refractivity (Wildman–Crippen MR) is 83.0 cm³/mol. The van der Waals surface area contributed by atoms with Crippen molar-refractivity contribution in [2.45, 2.75) is 6.42 Å². The summed E-state index contributed by atoms with van der Waals surface area (Å²) in [4.78, 5) is 15.9. The Kier molecular flexibility index (Phi) is 5.41. The normalized spacial score (nSPS) is 10.8. The maximum Gasteiger partial charge on any atom is 0.168 e. The minimum absolute atomic E-state index is 0.0215. The molecule has 0 aliphatic rings. The van der Waals surface area contributed by atoms with Gasteiger partial charge < -0.3 is 9.47 Å². The number of Topliss-reactive ketones (excluding diaryl/α,β-unsaturated/α-hetero) is 1. The second-order valence-electron chi connectivity index (χ2n) is 4.60. The van der Waals surface area contributed by atoms with Gasteiger partial charge in [-0.15, -0.1) is 0 Å². The summed E-state index contributed by atoms with van der Waals surface area (Å²) in [6.07, 6.45) is 1.27. The van der Waals surface area contributed by atoms with Gasteiger partial charge in [0.15, 0.2) is 23.1 Å². The van der Waals surface area contributed by atoms with Gasteiger partial charge in [-0.1, -0.05) is 0 Å². The van der Waals surface area contributed by atoms with Gasteiger partial charge in [0.05, 0.1) is 19.9 Å². The molecular formula is C17H15F2NO3. The molecule has 0 spiro atoms. The third-order valence-electron chi connectivity index (χ3n) is 3.12. The summed E-state index contributed by atoms with van der Waals surface area (Å²) >= 11 is 0. The number of hydrogen-bond donors (Lipinski definition) is 0. The Labute approximate surface area is 132 Å². The van der Waals surface area contributed by atoms with Gasteiger partial charge in [0.1, 0.15) is 5.82 Å². The van der Waals surface area contributed by atoms with Gasteiger partial charge in [-0.2, -0.15) is 0 Å². The summed E-state index contributed by atoms with van der Waals surface area (Å²) < 4.78 is 36.4. The van der Waals surface area contributed by atoms with Gasteiger partial charge in [-0.25, -0.2) is 8.78 Å². The van der Waals surface area contributed by atoms with Crippen LogP contribution in [0.3, 0.4) is 0 Å². The first-order valence-corrected chi connectivity index (χ1v) is 6.78. The lowest BCUT2D eigenvalue weighted by Gasteiger charge is -2.08. The van der Waals surface area contributed by atoms with Crippen molar-refractivity contribution in [1.29, 1.82) is 0 Å². The zero-order valence-corrected chi connectivity index (χ0v) is 12.7. The third kappa shape index (κ3) is 4.12. The Hall–Kier alpha value is -2.76. The van der Waals surface area contributed by atoms with Crippen LogP contribution in [0.15, 0.2) is 41.4 Å². The summed E-state index contributed by atoms with van der Waals surface area (Å²) in [6, 6.07) is 7.85. The van der Waals surface area contributed by atoms with Gasteiger partial charge >= 0.3 is 0 Å². The number of carbonyl (C=O) groups excluding carboxylic acids is 1. The standard InChI is InChI=1S/C17H15F2NO3/c1-22-16-6-3-11(9-17(16)23-2)15(21)7-8-20-14-5-4-12(18)10-13(14)19/h3-6,8-10H,7H2,1-2H3. The van der Waals surface area contributed by atoms with Crippen molar-refractivity contribution in [2.24, 2.45) is 4.99 Å². The largest absolute Gasteiger partial charge is 0.493 e. The van der Waals surface area contributed by atoms with Crippen LogP contribution < -0.4 is 9.47 Å². The van der Waals surface area contributed by atoms with E-state index in [0.29, 0.717) is 17.1 Å². The van der Waals surface area contributed by atoms with Crippen LogP contribution in [-0.2, 0) is 0 Å². The number of aliphatic imine (C=N–C) groups is 1. The van der Waals surface area contributed by atoms with E-state index < -0.39 is 11.6 Å². The Morgan fingerprint density at radius 1 is 1.09 bits per heavy atom. The number of carbonyl (C=O) groups is 1. The Balaban J connectivity index is 2.08. The van der Waals surface area contributed by atoms with E-state index in [4.69, 9.17) is 9.47 Å². The molecule has 23 heavy (non-hydrogen) atoms. The SMILES string of the molecule is COc1ccc(C(=O)CC=Nc2ccc(F)cc2F)cc1OC. The highest BCUT2D eigenvalue weighted by Crippen LogP contribution is 2.28. The lowest BCUT2D eigenvalue weighted by molar-refractivity contribution is 0.100. The average Bonchev–Trinajstić information content (AvgIpc) is 2.56. The molecule has 0 radical (unpaired) electrons. The van der Waals surface area contributed by atoms with E-state index in [1.165, 1.54) is 26.5 Å². The molecule has 0 bridgehead atoms. The number of methoxy groups -OCH3 is 2. The van der Waals surface area contributed by atoms with Gasteiger partial charge in [0.25, 0.3) is 0 Å². The number of ketones is 1. The van der Waals surface area contributed by atoms with Crippen LogP contribution in [-0.4, -0.2) is 26.2 Å². The van der Waals surface area contributed by atoms with Gasteiger partial charge in [0, 0.05) is 24.3 Å². The van der Waals surface area contributed by atoms with E-state index in [0.717, 1.165) is 12.1 Å². The molecule has 6 heteroatoms. The molecule has 0 heterocycles. The third-order valence-corrected chi connectivity index (χ3v) is 3.12. The monoisotopic (exact) mass is 319 g/mol. The van der Waals surface area contributed by atoms with E-state index in [1.807, 2.05) is 0 Å². The van der Waals surface area contributed by atoms with Crippen LogP contribution in [0.1, 0.15) is 16.8 Å². The molecule has 2 aromatic carbocycles. The van der Waals surface area contributed by atoms with Crippen LogP contribution in [0.2, 0.25) is 0 Å². The molecule has 0 amide bonds. The number of benzene rings is 2. The van der Waals surface area contributed by atoms with Gasteiger partial charge in [-0.3, -0.25) is 9.79 Å². The molecule has 0 saturated heterocycles. The molecule has 0 fully saturated rings. The molecule has 0 saturated carbocycles. The average molecular weight is 319 g/mol. The maximum absolute atomic E-state index is 13.4. The topological polar surface area (TPSA) is 47.9 Å². The highest BCUT2D eigenvalue weighted by molar-refractivity contribution is 6.04. The smallest absolute Gasteiger partial charge is 0.168 e. The Morgan fingerprint density at radius 2 is 1.83 bits per heavy atom. The molecule has 2 aromatic rings. The predicted octanol–water partition coefficient (Wildman–Crippen LogP) is 3.96. The molecule has 0 aliphatic carbocycles. The van der Waals surface area contributed by atoms with Crippen molar-refractivity contribution in [3.63, 3.8) is 0 Å². The Morgan fingerprint density at radius 3 is 2.48 bits per heavy atom. The zero-order valence-electron chi connectivity index (χ0n) is 12.7. The van der Waals surface area contributed by atoms with Crippen LogP contribution in [0.25, 0.3) is 0 Å². The summed E-state index contributed by atoms with van der Waals surface area (Å²) in [6.45, 7) is 0. The van der Waals surface area contributed by atoms with Crippen molar-refractivity contribution in [2.75, 3.05) is 14.2 Å². The highest BCUT2D eigenvalue weighted by Gasteiger charge is 2.10. The van der Waals surface area contributed by atoms with Crippen LogP contribution >= 0.6 is 0 Å². The quantitative estimate of drug-likeness (QED) is 0.598. The molecule has 4 nitrogen and oxygen atoms in total. The molecule has 0 atom stereocenters. The first-order chi connectivity index (χ1) is 11.0. The van der Waals surface area contributed by atoms with Crippen LogP contribution in [0, 0.1) is 11.6 Å². The van der Waals surface area contributed by atoms with Crippen molar-refractivity contribution in [3.8, 4) is 11.5 Å². The first kappa shape index (κ1) is 16.6. The fourth-order valence-electron chi connectivity index (χ4n) is 1.94. The molecular weight excluding hydrogens is 304 g/mol. The van der Waals surface area contributed by atoms with Gasteiger partial charge in [-0.05, 0) is 30.3 Å². The number of hydrogen-bond acceptors (Lipinski definition) is 4. The van der Waals surface area contributed by atoms with E-state index in [-0.39, 0.29) is 17.9 Å².